The highest BCUT2D eigenvalue weighted by molar-refractivity contribution is 6.30. The van der Waals surface area contributed by atoms with Gasteiger partial charge in [-0.3, -0.25) is 4.79 Å². The number of benzene rings is 2. The number of para-hydroxylation sites is 2. The summed E-state index contributed by atoms with van der Waals surface area (Å²) < 4.78 is 2.28. The molecule has 1 heterocycles. The van der Waals surface area contributed by atoms with Gasteiger partial charge in [0.05, 0.1) is 24.0 Å². The van der Waals surface area contributed by atoms with Gasteiger partial charge >= 0.3 is 0 Å². The van der Waals surface area contributed by atoms with Crippen molar-refractivity contribution in [1.29, 1.82) is 0 Å². The molecule has 1 fully saturated rings. The Kier molecular flexibility index (Phi) is 3.98. The van der Waals surface area contributed by atoms with Crippen LogP contribution >= 0.6 is 11.6 Å². The van der Waals surface area contributed by atoms with E-state index in [1.807, 2.05) is 30.3 Å². The average molecular weight is 340 g/mol. The van der Waals surface area contributed by atoms with Crippen molar-refractivity contribution in [3.63, 3.8) is 0 Å². The molecule has 0 radical (unpaired) electrons. The van der Waals surface area contributed by atoms with Crippen LogP contribution in [0.15, 0.2) is 48.5 Å². The second-order valence-corrected chi connectivity index (χ2v) is 6.63. The smallest absolute Gasteiger partial charge is 0.224 e. The van der Waals surface area contributed by atoms with Gasteiger partial charge in [-0.1, -0.05) is 35.9 Å². The molecule has 1 aromatic heterocycles. The van der Waals surface area contributed by atoms with Gasteiger partial charge in [0.2, 0.25) is 5.91 Å². The van der Waals surface area contributed by atoms with E-state index in [1.165, 1.54) is 12.8 Å². The molecule has 5 heteroatoms. The standard InChI is InChI=1S/C19H18ClN3O/c20-14-7-5-13(6-8-14)11-19(24)21-12-18-22-16-3-1-2-4-17(16)23(18)15-9-10-15/h1-8,15H,9-12H2,(H,21,24). The molecule has 4 nitrogen and oxygen atoms in total. The Bertz CT molecular complexity index is 881. The zero-order valence-corrected chi connectivity index (χ0v) is 14.0. The Morgan fingerprint density at radius 3 is 2.67 bits per heavy atom. The lowest BCUT2D eigenvalue weighted by molar-refractivity contribution is -0.120. The van der Waals surface area contributed by atoms with Crippen molar-refractivity contribution in [1.82, 2.24) is 14.9 Å². The molecule has 0 atom stereocenters. The summed E-state index contributed by atoms with van der Waals surface area (Å²) >= 11 is 5.87. The van der Waals surface area contributed by atoms with Gasteiger partial charge in [-0.15, -0.1) is 0 Å². The fourth-order valence-electron chi connectivity index (χ4n) is 2.99. The van der Waals surface area contributed by atoms with Crippen molar-refractivity contribution < 1.29 is 4.79 Å². The van der Waals surface area contributed by atoms with Gasteiger partial charge in [0.15, 0.2) is 0 Å². The van der Waals surface area contributed by atoms with E-state index in [-0.39, 0.29) is 5.91 Å². The maximum Gasteiger partial charge on any atom is 0.224 e. The van der Waals surface area contributed by atoms with Crippen LogP contribution in [0.1, 0.15) is 30.3 Å². The zero-order chi connectivity index (χ0) is 16.5. The predicted octanol–water partition coefficient (Wildman–Crippen LogP) is 3.88. The summed E-state index contributed by atoms with van der Waals surface area (Å²) in [5.41, 5.74) is 3.10. The molecule has 4 rings (SSSR count). The number of aromatic nitrogens is 2. The number of rotatable bonds is 5. The van der Waals surface area contributed by atoms with Crippen LogP contribution in [0.3, 0.4) is 0 Å². The SMILES string of the molecule is O=C(Cc1ccc(Cl)cc1)NCc1nc2ccccc2n1C1CC1. The topological polar surface area (TPSA) is 46.9 Å². The van der Waals surface area contributed by atoms with Crippen molar-refractivity contribution in [3.05, 3.63) is 64.9 Å². The zero-order valence-electron chi connectivity index (χ0n) is 13.2. The van der Waals surface area contributed by atoms with Crippen LogP contribution in [0.25, 0.3) is 11.0 Å². The van der Waals surface area contributed by atoms with E-state index in [1.54, 1.807) is 12.1 Å². The Labute approximate surface area is 145 Å². The Morgan fingerprint density at radius 2 is 1.92 bits per heavy atom. The summed E-state index contributed by atoms with van der Waals surface area (Å²) in [5, 5.41) is 3.67. The monoisotopic (exact) mass is 339 g/mol. The van der Waals surface area contributed by atoms with Crippen LogP contribution in [-0.2, 0) is 17.8 Å². The van der Waals surface area contributed by atoms with E-state index in [4.69, 9.17) is 16.6 Å². The third kappa shape index (κ3) is 3.15. The normalized spacial score (nSPS) is 14.0. The molecular formula is C19H18ClN3O. The first-order chi connectivity index (χ1) is 11.7. The van der Waals surface area contributed by atoms with Gasteiger partial charge in [0, 0.05) is 11.1 Å². The predicted molar refractivity (Wildman–Crippen MR) is 95.0 cm³/mol. The van der Waals surface area contributed by atoms with E-state index in [0.717, 1.165) is 22.4 Å². The van der Waals surface area contributed by atoms with Crippen LogP contribution < -0.4 is 5.32 Å². The van der Waals surface area contributed by atoms with E-state index in [0.29, 0.717) is 24.0 Å². The fraction of sp³-hybridized carbons (Fsp3) is 0.263. The van der Waals surface area contributed by atoms with Gasteiger partial charge < -0.3 is 9.88 Å². The molecule has 3 aromatic rings. The van der Waals surface area contributed by atoms with Gasteiger partial charge in [0.1, 0.15) is 5.82 Å². The molecule has 1 aliphatic carbocycles. The molecule has 1 amide bonds. The van der Waals surface area contributed by atoms with E-state index in [2.05, 4.69) is 16.0 Å². The number of carbonyl (C=O) groups is 1. The number of nitrogens with one attached hydrogen (secondary N) is 1. The maximum atomic E-state index is 12.2. The quantitative estimate of drug-likeness (QED) is 0.766. The largest absolute Gasteiger partial charge is 0.349 e. The molecule has 0 unspecified atom stereocenters. The lowest BCUT2D eigenvalue weighted by Crippen LogP contribution is -2.26. The third-order valence-corrected chi connectivity index (χ3v) is 4.55. The summed E-state index contributed by atoms with van der Waals surface area (Å²) in [6.07, 6.45) is 2.72. The van der Waals surface area contributed by atoms with Crippen molar-refractivity contribution in [3.8, 4) is 0 Å². The van der Waals surface area contributed by atoms with Crippen molar-refractivity contribution in [2.24, 2.45) is 0 Å². The third-order valence-electron chi connectivity index (χ3n) is 4.30. The number of nitrogens with zero attached hydrogens (tertiary/aromatic N) is 2. The fourth-order valence-corrected chi connectivity index (χ4v) is 3.11. The highest BCUT2D eigenvalue weighted by atomic mass is 35.5. The summed E-state index contributed by atoms with van der Waals surface area (Å²) in [7, 11) is 0. The molecule has 0 aliphatic heterocycles. The number of carbonyl (C=O) groups excluding carboxylic acids is 1. The lowest BCUT2D eigenvalue weighted by Gasteiger charge is -2.09. The number of hydrogen-bond donors (Lipinski definition) is 1. The minimum Gasteiger partial charge on any atom is -0.349 e. The van der Waals surface area contributed by atoms with Gasteiger partial charge in [-0.2, -0.15) is 0 Å². The second-order valence-electron chi connectivity index (χ2n) is 6.20. The van der Waals surface area contributed by atoms with Crippen molar-refractivity contribution in [2.75, 3.05) is 0 Å². The highest BCUT2D eigenvalue weighted by Crippen LogP contribution is 2.38. The first-order valence-electron chi connectivity index (χ1n) is 8.18. The molecule has 0 bridgehead atoms. The van der Waals surface area contributed by atoms with Crippen LogP contribution in [0.2, 0.25) is 5.02 Å². The first-order valence-corrected chi connectivity index (χ1v) is 8.55. The number of fused-ring (bicyclic) bond motifs is 1. The van der Waals surface area contributed by atoms with E-state index >= 15 is 0 Å². The van der Waals surface area contributed by atoms with Crippen LogP contribution in [0, 0.1) is 0 Å². The lowest BCUT2D eigenvalue weighted by atomic mass is 10.1. The molecular weight excluding hydrogens is 322 g/mol. The van der Waals surface area contributed by atoms with Gasteiger partial charge in [-0.25, -0.2) is 4.98 Å². The molecule has 1 saturated carbocycles. The molecule has 2 aromatic carbocycles. The molecule has 1 aliphatic rings. The Hall–Kier alpha value is -2.33. The minimum atomic E-state index is -0.00766. The summed E-state index contributed by atoms with van der Waals surface area (Å²) in [6, 6.07) is 16.0. The van der Waals surface area contributed by atoms with Gasteiger partial charge in [0.25, 0.3) is 0 Å². The van der Waals surface area contributed by atoms with E-state index < -0.39 is 0 Å². The van der Waals surface area contributed by atoms with Crippen LogP contribution in [0.5, 0.6) is 0 Å². The summed E-state index contributed by atoms with van der Waals surface area (Å²) in [5.74, 6) is 0.926. The second kappa shape index (κ2) is 6.29. The van der Waals surface area contributed by atoms with Crippen LogP contribution in [0.4, 0.5) is 0 Å². The summed E-state index contributed by atoms with van der Waals surface area (Å²) in [4.78, 5) is 16.9. The maximum absolute atomic E-state index is 12.2. The number of amides is 1. The number of hydrogen-bond acceptors (Lipinski definition) is 2. The molecule has 0 saturated heterocycles. The average Bonchev–Trinajstić information content (AvgIpc) is 3.35. The van der Waals surface area contributed by atoms with Gasteiger partial charge in [-0.05, 0) is 42.7 Å². The summed E-state index contributed by atoms with van der Waals surface area (Å²) in [6.45, 7) is 0.456. The first kappa shape index (κ1) is 15.2. The van der Waals surface area contributed by atoms with Crippen molar-refractivity contribution >= 4 is 28.5 Å². The molecule has 1 N–H and O–H groups in total. The molecule has 24 heavy (non-hydrogen) atoms. The Morgan fingerprint density at radius 1 is 1.17 bits per heavy atom. The molecule has 122 valence electrons. The minimum absolute atomic E-state index is 0.00766. The molecule has 0 spiro atoms. The number of imidazole rings is 1. The number of halogens is 1. The Balaban J connectivity index is 1.47. The van der Waals surface area contributed by atoms with Crippen molar-refractivity contribution in [2.45, 2.75) is 31.8 Å². The highest BCUT2D eigenvalue weighted by Gasteiger charge is 2.28. The van der Waals surface area contributed by atoms with E-state index in [9.17, 15) is 4.79 Å². The van der Waals surface area contributed by atoms with Crippen LogP contribution in [-0.4, -0.2) is 15.5 Å².